The minimum absolute atomic E-state index is 0.224. The first-order valence-corrected chi connectivity index (χ1v) is 10.7. The van der Waals surface area contributed by atoms with Crippen molar-refractivity contribution in [1.82, 2.24) is 15.6 Å². The van der Waals surface area contributed by atoms with E-state index in [1.165, 1.54) is 0 Å². The molecule has 2 amide bonds. The number of hydrogen-bond acceptors (Lipinski definition) is 5. The number of pyridine rings is 1. The van der Waals surface area contributed by atoms with E-state index >= 15 is 0 Å². The number of alkyl carbamates (subject to hydrolysis) is 1. The van der Waals surface area contributed by atoms with Gasteiger partial charge in [-0.15, -0.1) is 0 Å². The summed E-state index contributed by atoms with van der Waals surface area (Å²) in [4.78, 5) is 26.3. The number of nitrogens with zero attached hydrogens (tertiary/aromatic N) is 1. The van der Waals surface area contributed by atoms with E-state index in [1.54, 1.807) is 57.3 Å². The van der Waals surface area contributed by atoms with Crippen molar-refractivity contribution in [3.05, 3.63) is 53.9 Å². The molecular formula is C22H26Cl2FN3O4. The molecule has 174 valence electrons. The number of carbonyl (C=O) groups is 2. The zero-order chi connectivity index (χ0) is 23.9. The minimum atomic E-state index is -1.35. The van der Waals surface area contributed by atoms with Crippen molar-refractivity contribution in [2.45, 2.75) is 49.9 Å². The van der Waals surface area contributed by atoms with E-state index in [0.717, 1.165) is 11.1 Å². The Morgan fingerprint density at radius 2 is 1.75 bits per heavy atom. The summed E-state index contributed by atoms with van der Waals surface area (Å²) in [6, 6.07) is 9.20. The van der Waals surface area contributed by atoms with E-state index < -0.39 is 41.3 Å². The summed E-state index contributed by atoms with van der Waals surface area (Å²) in [5.74, 6) is -0.779. The lowest BCUT2D eigenvalue weighted by molar-refractivity contribution is -0.121. The summed E-state index contributed by atoms with van der Waals surface area (Å²) in [5.41, 5.74) is 2.14. The Labute approximate surface area is 196 Å². The van der Waals surface area contributed by atoms with Gasteiger partial charge in [-0.25, -0.2) is 9.18 Å². The van der Waals surface area contributed by atoms with Crippen molar-refractivity contribution in [2.24, 2.45) is 0 Å². The highest BCUT2D eigenvalue weighted by Gasteiger charge is 2.25. The van der Waals surface area contributed by atoms with Crippen LogP contribution in [0.5, 0.6) is 0 Å². The number of carbonyl (C=O) groups excluding carboxylic acids is 2. The maximum Gasteiger partial charge on any atom is 0.407 e. The Morgan fingerprint density at radius 1 is 1.12 bits per heavy atom. The van der Waals surface area contributed by atoms with Gasteiger partial charge in [-0.2, -0.15) is 0 Å². The molecule has 0 aliphatic rings. The molecule has 0 fully saturated rings. The summed E-state index contributed by atoms with van der Waals surface area (Å²) in [5, 5.41) is 15.3. The number of amides is 2. The van der Waals surface area contributed by atoms with Gasteiger partial charge >= 0.3 is 6.09 Å². The topological polar surface area (TPSA) is 101 Å². The van der Waals surface area contributed by atoms with Gasteiger partial charge in [-0.3, -0.25) is 9.78 Å². The lowest BCUT2D eigenvalue weighted by Gasteiger charge is -2.22. The van der Waals surface area contributed by atoms with Crippen molar-refractivity contribution in [1.29, 1.82) is 0 Å². The van der Waals surface area contributed by atoms with E-state index in [4.69, 9.17) is 27.9 Å². The summed E-state index contributed by atoms with van der Waals surface area (Å²) in [7, 11) is 0. The van der Waals surface area contributed by atoms with Crippen LogP contribution in [0.15, 0.2) is 42.6 Å². The lowest BCUT2D eigenvalue weighted by atomic mass is 9.99. The van der Waals surface area contributed by atoms with E-state index in [9.17, 15) is 19.1 Å². The highest BCUT2D eigenvalue weighted by atomic mass is 35.5. The number of nitrogens with one attached hydrogen (secondary N) is 2. The maximum absolute atomic E-state index is 13.3. The molecule has 0 saturated carbocycles. The number of benzene rings is 1. The number of ether oxygens (including phenoxy) is 1. The fourth-order valence-electron chi connectivity index (χ4n) is 2.73. The van der Waals surface area contributed by atoms with Gasteiger partial charge in [0.2, 0.25) is 0 Å². The molecule has 2 atom stereocenters. The maximum atomic E-state index is 13.3. The molecule has 7 nitrogen and oxygen atoms in total. The SMILES string of the molecule is CC(C)(C)OC(=O)NCc1ccc(-c2ccc(C(O)C(CF)NC(=O)C(Cl)Cl)cc2)cn1. The number of halogens is 3. The van der Waals surface area contributed by atoms with Crippen LogP contribution in [-0.4, -0.2) is 45.2 Å². The van der Waals surface area contributed by atoms with Crippen molar-refractivity contribution in [3.8, 4) is 11.1 Å². The Balaban J connectivity index is 2.00. The van der Waals surface area contributed by atoms with Crippen LogP contribution in [-0.2, 0) is 16.1 Å². The van der Waals surface area contributed by atoms with Crippen molar-refractivity contribution >= 4 is 35.2 Å². The summed E-state index contributed by atoms with van der Waals surface area (Å²) < 4.78 is 18.5. The van der Waals surface area contributed by atoms with Crippen LogP contribution in [0.1, 0.15) is 38.1 Å². The van der Waals surface area contributed by atoms with E-state index in [0.29, 0.717) is 11.3 Å². The van der Waals surface area contributed by atoms with Gasteiger partial charge in [-0.05, 0) is 38.0 Å². The molecule has 2 unspecified atom stereocenters. The highest BCUT2D eigenvalue weighted by molar-refractivity contribution is 6.53. The van der Waals surface area contributed by atoms with Crippen LogP contribution in [0.25, 0.3) is 11.1 Å². The van der Waals surface area contributed by atoms with Crippen LogP contribution in [0.4, 0.5) is 9.18 Å². The Morgan fingerprint density at radius 3 is 2.25 bits per heavy atom. The minimum Gasteiger partial charge on any atom is -0.444 e. The van der Waals surface area contributed by atoms with Gasteiger partial charge in [0.25, 0.3) is 5.91 Å². The van der Waals surface area contributed by atoms with Crippen LogP contribution in [0.2, 0.25) is 0 Å². The third kappa shape index (κ3) is 7.93. The third-order valence-electron chi connectivity index (χ3n) is 4.30. The molecule has 0 saturated heterocycles. The molecule has 10 heteroatoms. The first kappa shape index (κ1) is 25.8. The molecule has 2 aromatic rings. The molecule has 1 heterocycles. The number of hydrogen-bond donors (Lipinski definition) is 3. The van der Waals surface area contributed by atoms with Crippen LogP contribution in [0.3, 0.4) is 0 Å². The molecule has 0 spiro atoms. The first-order chi connectivity index (χ1) is 15.0. The van der Waals surface area contributed by atoms with E-state index in [1.807, 2.05) is 6.07 Å². The molecule has 0 aliphatic carbocycles. The second-order valence-corrected chi connectivity index (χ2v) is 9.13. The second kappa shape index (κ2) is 11.4. The molecule has 0 radical (unpaired) electrons. The number of aliphatic hydroxyl groups is 1. The van der Waals surface area contributed by atoms with Crippen LogP contribution in [0, 0.1) is 0 Å². The normalized spacial score (nSPS) is 13.4. The number of aromatic nitrogens is 1. The van der Waals surface area contributed by atoms with Crippen LogP contribution >= 0.6 is 23.2 Å². The summed E-state index contributed by atoms with van der Waals surface area (Å²) in [6.45, 7) is 4.59. The zero-order valence-corrected chi connectivity index (χ0v) is 19.5. The summed E-state index contributed by atoms with van der Waals surface area (Å²) in [6.07, 6.45) is -0.138. The Hall–Kier alpha value is -2.42. The Kier molecular flexibility index (Phi) is 9.24. The van der Waals surface area contributed by atoms with Gasteiger partial charge in [0.1, 0.15) is 18.4 Å². The second-order valence-electron chi connectivity index (χ2n) is 8.03. The van der Waals surface area contributed by atoms with Crippen molar-refractivity contribution < 1.29 is 23.8 Å². The van der Waals surface area contributed by atoms with Gasteiger partial charge in [-0.1, -0.05) is 53.5 Å². The predicted molar refractivity (Wildman–Crippen MR) is 121 cm³/mol. The van der Waals surface area contributed by atoms with Crippen LogP contribution < -0.4 is 10.6 Å². The average Bonchev–Trinajstić information content (AvgIpc) is 2.74. The first-order valence-electron chi connectivity index (χ1n) is 9.85. The largest absolute Gasteiger partial charge is 0.444 e. The van der Waals surface area contributed by atoms with Crippen molar-refractivity contribution in [2.75, 3.05) is 6.67 Å². The molecule has 2 rings (SSSR count). The number of alkyl halides is 3. The fraction of sp³-hybridized carbons (Fsp3) is 0.409. The van der Waals surface area contributed by atoms with E-state index in [2.05, 4.69) is 15.6 Å². The standard InChI is InChI=1S/C22H26Cl2FN3O4/c1-22(2,3)32-21(31)27-12-16-9-8-15(11-26-16)13-4-6-14(7-5-13)18(29)17(10-25)28-20(30)19(23)24/h4-9,11,17-19,29H,10,12H2,1-3H3,(H,27,31)(H,28,30). The van der Waals surface area contributed by atoms with E-state index in [-0.39, 0.29) is 6.54 Å². The smallest absolute Gasteiger partial charge is 0.407 e. The molecule has 0 aliphatic heterocycles. The van der Waals surface area contributed by atoms with Gasteiger partial charge in [0.05, 0.1) is 18.3 Å². The summed E-state index contributed by atoms with van der Waals surface area (Å²) >= 11 is 10.9. The zero-order valence-electron chi connectivity index (χ0n) is 17.9. The quantitative estimate of drug-likeness (QED) is 0.489. The molecule has 0 bridgehead atoms. The number of rotatable bonds is 8. The average molecular weight is 486 g/mol. The Bertz CT molecular complexity index is 903. The van der Waals surface area contributed by atoms with Gasteiger partial charge in [0.15, 0.2) is 4.84 Å². The van der Waals surface area contributed by atoms with Crippen molar-refractivity contribution in [3.63, 3.8) is 0 Å². The molecule has 1 aromatic carbocycles. The molecular weight excluding hydrogens is 460 g/mol. The predicted octanol–water partition coefficient (Wildman–Crippen LogP) is 4.06. The lowest BCUT2D eigenvalue weighted by Crippen LogP contribution is -2.43. The molecule has 1 aromatic heterocycles. The monoisotopic (exact) mass is 485 g/mol. The third-order valence-corrected chi connectivity index (χ3v) is 4.69. The van der Waals surface area contributed by atoms with Gasteiger partial charge < -0.3 is 20.5 Å². The fourth-order valence-corrected chi connectivity index (χ4v) is 2.86. The molecule has 32 heavy (non-hydrogen) atoms. The highest BCUT2D eigenvalue weighted by Crippen LogP contribution is 2.24. The number of aliphatic hydroxyl groups excluding tert-OH is 1. The molecule has 3 N–H and O–H groups in total. The van der Waals surface area contributed by atoms with Gasteiger partial charge in [0, 0.05) is 11.8 Å².